The molecule has 120 valence electrons. The SMILES string of the molecule is COc1c(Cl)cccc1Nc1cc(Cl)nc2c1nc(C)n2PI. The van der Waals surface area contributed by atoms with Gasteiger partial charge in [-0.15, -0.1) is 0 Å². The van der Waals surface area contributed by atoms with Crippen molar-refractivity contribution in [1.82, 2.24) is 14.3 Å². The number of imidazole rings is 1. The maximum atomic E-state index is 6.18. The van der Waals surface area contributed by atoms with Gasteiger partial charge in [0.05, 0.1) is 29.9 Å². The zero-order chi connectivity index (χ0) is 16.6. The third kappa shape index (κ3) is 3.22. The van der Waals surface area contributed by atoms with Crippen molar-refractivity contribution in [2.75, 3.05) is 12.4 Å². The summed E-state index contributed by atoms with van der Waals surface area (Å²) in [5, 5.41) is 4.24. The van der Waals surface area contributed by atoms with Crippen molar-refractivity contribution in [3.05, 3.63) is 40.3 Å². The summed E-state index contributed by atoms with van der Waals surface area (Å²) < 4.78 is 7.40. The molecule has 3 rings (SSSR count). The fourth-order valence-corrected chi connectivity index (χ4v) is 4.86. The highest BCUT2D eigenvalue weighted by atomic mass is 127. The van der Waals surface area contributed by atoms with Crippen molar-refractivity contribution >= 4 is 74.2 Å². The summed E-state index contributed by atoms with van der Waals surface area (Å²) in [7, 11) is 1.58. The molecule has 0 aliphatic carbocycles. The number of ether oxygens (including phenoxy) is 1. The summed E-state index contributed by atoms with van der Waals surface area (Å²) in [6, 6.07) is 7.26. The Kier molecular flexibility index (Phi) is 5.16. The van der Waals surface area contributed by atoms with Crippen LogP contribution in [0.25, 0.3) is 11.2 Å². The van der Waals surface area contributed by atoms with Crippen LogP contribution in [0.4, 0.5) is 11.4 Å². The van der Waals surface area contributed by atoms with E-state index < -0.39 is 0 Å². The normalized spacial score (nSPS) is 11.5. The number of benzene rings is 1. The lowest BCUT2D eigenvalue weighted by Gasteiger charge is -2.13. The van der Waals surface area contributed by atoms with Crippen LogP contribution < -0.4 is 10.1 Å². The molecule has 0 spiro atoms. The fraction of sp³-hybridized carbons (Fsp3) is 0.143. The Morgan fingerprint density at radius 3 is 2.74 bits per heavy atom. The lowest BCUT2D eigenvalue weighted by Crippen LogP contribution is -1.97. The maximum absolute atomic E-state index is 6.18. The number of anilines is 2. The highest BCUT2D eigenvalue weighted by Crippen LogP contribution is 2.38. The number of para-hydroxylation sites is 1. The quantitative estimate of drug-likeness (QED) is 0.300. The molecule has 0 fully saturated rings. The molecule has 0 radical (unpaired) electrons. The first-order chi connectivity index (χ1) is 11.0. The van der Waals surface area contributed by atoms with Gasteiger partial charge in [-0.25, -0.2) is 9.97 Å². The molecular weight excluding hydrogens is 469 g/mol. The molecule has 1 unspecified atom stereocenters. The molecule has 0 saturated carbocycles. The molecular formula is C14H12Cl2IN4OP. The van der Waals surface area contributed by atoms with Gasteiger partial charge in [0, 0.05) is 6.07 Å². The van der Waals surface area contributed by atoms with Crippen LogP contribution in [-0.4, -0.2) is 21.4 Å². The molecule has 1 N–H and O–H groups in total. The van der Waals surface area contributed by atoms with Crippen LogP contribution in [0.5, 0.6) is 5.75 Å². The number of nitrogens with one attached hydrogen (secondary N) is 1. The summed E-state index contributed by atoms with van der Waals surface area (Å²) in [5.74, 6) is 1.46. The Labute approximate surface area is 158 Å². The number of nitrogens with zero attached hydrogens (tertiary/aromatic N) is 3. The standard InChI is InChI=1S/C14H12Cl2IN4OP/c1-7-18-12-10(6-11(16)20-14(12)21(7)23-17)19-9-5-3-4-8(15)13(9)22-2/h3-6,23H,1-2H3,(H,19,20). The van der Waals surface area contributed by atoms with Crippen LogP contribution >= 0.6 is 51.6 Å². The maximum Gasteiger partial charge on any atom is 0.167 e. The van der Waals surface area contributed by atoms with Gasteiger partial charge in [0.2, 0.25) is 0 Å². The predicted molar refractivity (Wildman–Crippen MR) is 106 cm³/mol. The fourth-order valence-electron chi connectivity index (χ4n) is 2.28. The number of halogens is 3. The van der Waals surface area contributed by atoms with E-state index in [1.807, 2.05) is 23.4 Å². The van der Waals surface area contributed by atoms with E-state index in [4.69, 9.17) is 27.9 Å². The van der Waals surface area contributed by atoms with Gasteiger partial charge >= 0.3 is 0 Å². The summed E-state index contributed by atoms with van der Waals surface area (Å²) >= 11 is 14.7. The van der Waals surface area contributed by atoms with Crippen molar-refractivity contribution in [2.45, 2.75) is 6.92 Å². The Morgan fingerprint density at radius 2 is 2.04 bits per heavy atom. The van der Waals surface area contributed by atoms with Crippen LogP contribution in [0.3, 0.4) is 0 Å². The van der Waals surface area contributed by atoms with Crippen molar-refractivity contribution < 1.29 is 4.74 Å². The molecule has 0 aliphatic rings. The molecule has 2 aromatic heterocycles. The number of fused-ring (bicyclic) bond motifs is 1. The van der Waals surface area contributed by atoms with E-state index in [0.29, 0.717) is 22.3 Å². The van der Waals surface area contributed by atoms with Crippen LogP contribution in [0.2, 0.25) is 10.2 Å². The van der Waals surface area contributed by atoms with E-state index in [-0.39, 0.29) is 0 Å². The van der Waals surface area contributed by atoms with Gasteiger partial charge in [0.15, 0.2) is 11.4 Å². The number of hydrogen-bond acceptors (Lipinski definition) is 4. The van der Waals surface area contributed by atoms with Crippen LogP contribution in [0.1, 0.15) is 5.82 Å². The molecule has 5 nitrogen and oxygen atoms in total. The molecule has 23 heavy (non-hydrogen) atoms. The second-order valence-electron chi connectivity index (χ2n) is 4.69. The number of aryl methyl sites for hydroxylation is 1. The average Bonchev–Trinajstić information content (AvgIpc) is 2.83. The third-order valence-electron chi connectivity index (χ3n) is 3.28. The molecule has 3 aromatic rings. The smallest absolute Gasteiger partial charge is 0.167 e. The Balaban J connectivity index is 2.16. The molecule has 1 aromatic carbocycles. The van der Waals surface area contributed by atoms with E-state index in [2.05, 4.69) is 37.3 Å². The Bertz CT molecular complexity index is 887. The number of aromatic nitrogens is 3. The second-order valence-corrected chi connectivity index (χ2v) is 7.55. The molecule has 9 heteroatoms. The van der Waals surface area contributed by atoms with E-state index >= 15 is 0 Å². The van der Waals surface area contributed by atoms with Crippen molar-refractivity contribution in [3.63, 3.8) is 0 Å². The molecule has 0 aliphatic heterocycles. The van der Waals surface area contributed by atoms with Gasteiger partial charge in [-0.05, 0) is 41.1 Å². The third-order valence-corrected chi connectivity index (χ3v) is 5.92. The van der Waals surface area contributed by atoms with E-state index in [0.717, 1.165) is 28.4 Å². The lowest BCUT2D eigenvalue weighted by molar-refractivity contribution is 0.417. The van der Waals surface area contributed by atoms with Crippen molar-refractivity contribution in [2.24, 2.45) is 0 Å². The highest BCUT2D eigenvalue weighted by molar-refractivity contribution is 14.2. The van der Waals surface area contributed by atoms with Crippen molar-refractivity contribution in [1.29, 1.82) is 0 Å². The van der Waals surface area contributed by atoms with E-state index in [1.165, 1.54) is 0 Å². The summed E-state index contributed by atoms with van der Waals surface area (Å²) in [6.45, 7) is 1.95. The van der Waals surface area contributed by atoms with Gasteiger partial charge < -0.3 is 10.1 Å². The minimum atomic E-state index is 0.400. The van der Waals surface area contributed by atoms with Crippen LogP contribution in [0, 0.1) is 6.92 Å². The summed E-state index contributed by atoms with van der Waals surface area (Å²) in [6.07, 6.45) is 0.493. The largest absolute Gasteiger partial charge is 0.493 e. The first-order valence-corrected chi connectivity index (χ1v) is 11.4. The molecule has 1 atom stereocenters. The number of rotatable bonds is 4. The first-order valence-electron chi connectivity index (χ1n) is 6.57. The topological polar surface area (TPSA) is 52.0 Å². The molecule has 0 amide bonds. The molecule has 0 saturated heterocycles. The minimum Gasteiger partial charge on any atom is -0.493 e. The zero-order valence-corrected chi connectivity index (χ0v) is 16.9. The van der Waals surface area contributed by atoms with Crippen molar-refractivity contribution in [3.8, 4) is 5.75 Å². The Hall–Kier alpha value is -0.820. The minimum absolute atomic E-state index is 0.400. The average molecular weight is 481 g/mol. The van der Waals surface area contributed by atoms with E-state index in [1.54, 1.807) is 19.2 Å². The molecule has 2 heterocycles. The van der Waals surface area contributed by atoms with Crippen LogP contribution in [-0.2, 0) is 0 Å². The predicted octanol–water partition coefficient (Wildman–Crippen LogP) is 5.59. The van der Waals surface area contributed by atoms with Gasteiger partial charge in [-0.3, -0.25) is 4.34 Å². The lowest BCUT2D eigenvalue weighted by atomic mass is 10.2. The second kappa shape index (κ2) is 6.97. The zero-order valence-electron chi connectivity index (χ0n) is 12.2. The number of hydrogen-bond donors (Lipinski definition) is 1. The first kappa shape index (κ1) is 17.0. The van der Waals surface area contributed by atoms with Gasteiger partial charge in [0.25, 0.3) is 0 Å². The Morgan fingerprint density at radius 1 is 1.26 bits per heavy atom. The monoisotopic (exact) mass is 480 g/mol. The highest BCUT2D eigenvalue weighted by Gasteiger charge is 2.16. The summed E-state index contributed by atoms with van der Waals surface area (Å²) in [4.78, 5) is 9.01. The number of methoxy groups -OCH3 is 1. The van der Waals surface area contributed by atoms with Gasteiger partial charge in [0.1, 0.15) is 16.5 Å². The van der Waals surface area contributed by atoms with E-state index in [9.17, 15) is 0 Å². The number of pyridine rings is 1. The van der Waals surface area contributed by atoms with Crippen LogP contribution in [0.15, 0.2) is 24.3 Å². The molecule has 0 bridgehead atoms. The van der Waals surface area contributed by atoms with Gasteiger partial charge in [-0.2, -0.15) is 0 Å². The van der Waals surface area contributed by atoms with Gasteiger partial charge in [-0.1, -0.05) is 29.3 Å². The summed E-state index contributed by atoms with van der Waals surface area (Å²) in [5.41, 5.74) is 3.02.